The van der Waals surface area contributed by atoms with Gasteiger partial charge in [-0.05, 0) is 19.8 Å². The largest absolute Gasteiger partial charge is 0.481 e. The van der Waals surface area contributed by atoms with E-state index in [0.717, 1.165) is 12.8 Å². The second-order valence-corrected chi connectivity index (χ2v) is 5.06. The number of aliphatic carboxylic acids is 1. The number of carboxylic acids is 1. The Morgan fingerprint density at radius 1 is 1.38 bits per heavy atom. The van der Waals surface area contributed by atoms with Gasteiger partial charge in [-0.25, -0.2) is 4.79 Å². The molecule has 0 radical (unpaired) electrons. The number of aromatic nitrogens is 2. The molecule has 0 saturated heterocycles. The summed E-state index contributed by atoms with van der Waals surface area (Å²) < 4.78 is 4.81. The third-order valence-electron chi connectivity index (χ3n) is 3.10. The zero-order valence-electron chi connectivity index (χ0n) is 12.3. The van der Waals surface area contributed by atoms with E-state index in [0.29, 0.717) is 25.3 Å². The lowest BCUT2D eigenvalue weighted by Crippen LogP contribution is -2.41. The molecule has 8 heteroatoms. The lowest BCUT2D eigenvalue weighted by molar-refractivity contribution is -0.141. The molecule has 21 heavy (non-hydrogen) atoms. The van der Waals surface area contributed by atoms with Crippen LogP contribution in [0.2, 0.25) is 0 Å². The molecule has 1 aromatic rings. The molecule has 2 amide bonds. The van der Waals surface area contributed by atoms with Gasteiger partial charge in [0.05, 0.1) is 5.92 Å². The van der Waals surface area contributed by atoms with Crippen molar-refractivity contribution in [3.63, 3.8) is 0 Å². The molecule has 0 fully saturated rings. The maximum absolute atomic E-state index is 11.6. The van der Waals surface area contributed by atoms with E-state index in [4.69, 9.17) is 9.63 Å². The van der Waals surface area contributed by atoms with E-state index in [1.165, 1.54) is 6.33 Å². The maximum Gasteiger partial charge on any atom is 0.315 e. The first kappa shape index (κ1) is 16.9. The monoisotopic (exact) mass is 298 g/mol. The third-order valence-corrected chi connectivity index (χ3v) is 3.10. The van der Waals surface area contributed by atoms with Gasteiger partial charge in [0.1, 0.15) is 0 Å². The van der Waals surface area contributed by atoms with Crippen LogP contribution in [0.1, 0.15) is 39.0 Å². The van der Waals surface area contributed by atoms with Crippen LogP contribution in [0.15, 0.2) is 10.9 Å². The van der Waals surface area contributed by atoms with Crippen LogP contribution >= 0.6 is 0 Å². The molecule has 1 aromatic heterocycles. The Hall–Kier alpha value is -2.12. The standard InChI is InChI=1S/C13H22N4O4/c1-9(12(18)19)4-3-5-10(2)17-13(20)14-7-6-11-15-8-16-21-11/h8-10H,3-7H2,1-2H3,(H,18,19)(H2,14,17,20). The highest BCUT2D eigenvalue weighted by atomic mass is 16.5. The van der Waals surface area contributed by atoms with Crippen molar-refractivity contribution in [2.75, 3.05) is 6.54 Å². The van der Waals surface area contributed by atoms with E-state index in [-0.39, 0.29) is 18.0 Å². The minimum atomic E-state index is -0.783. The smallest absolute Gasteiger partial charge is 0.315 e. The van der Waals surface area contributed by atoms with Crippen LogP contribution in [-0.2, 0) is 11.2 Å². The Labute approximate surface area is 123 Å². The van der Waals surface area contributed by atoms with Crippen LogP contribution in [-0.4, -0.2) is 39.8 Å². The van der Waals surface area contributed by atoms with Gasteiger partial charge >= 0.3 is 12.0 Å². The zero-order valence-corrected chi connectivity index (χ0v) is 12.3. The van der Waals surface area contributed by atoms with E-state index >= 15 is 0 Å². The van der Waals surface area contributed by atoms with Crippen molar-refractivity contribution in [3.05, 3.63) is 12.2 Å². The molecule has 1 rings (SSSR count). The second kappa shape index (κ2) is 8.93. The molecule has 0 aliphatic heterocycles. The number of nitrogens with zero attached hydrogens (tertiary/aromatic N) is 2. The van der Waals surface area contributed by atoms with E-state index < -0.39 is 5.97 Å². The summed E-state index contributed by atoms with van der Waals surface area (Å²) in [5.74, 6) is -0.652. The number of nitrogens with one attached hydrogen (secondary N) is 2. The quantitative estimate of drug-likeness (QED) is 0.630. The summed E-state index contributed by atoms with van der Waals surface area (Å²) in [4.78, 5) is 26.1. The van der Waals surface area contributed by atoms with E-state index in [1.807, 2.05) is 6.92 Å². The second-order valence-electron chi connectivity index (χ2n) is 5.06. The van der Waals surface area contributed by atoms with Crippen molar-refractivity contribution < 1.29 is 19.2 Å². The topological polar surface area (TPSA) is 117 Å². The molecule has 3 N–H and O–H groups in total. The number of hydrogen-bond donors (Lipinski definition) is 3. The van der Waals surface area contributed by atoms with Crippen molar-refractivity contribution in [2.24, 2.45) is 5.92 Å². The molecular weight excluding hydrogens is 276 g/mol. The minimum absolute atomic E-state index is 0.00519. The van der Waals surface area contributed by atoms with Gasteiger partial charge in [-0.1, -0.05) is 18.5 Å². The highest BCUT2D eigenvalue weighted by molar-refractivity contribution is 5.74. The summed E-state index contributed by atoms with van der Waals surface area (Å²) in [6, 6.07) is -0.261. The summed E-state index contributed by atoms with van der Waals surface area (Å²) in [5.41, 5.74) is 0. The number of carboxylic acid groups (broad SMARTS) is 1. The van der Waals surface area contributed by atoms with Crippen LogP contribution in [0.4, 0.5) is 4.79 Å². The summed E-state index contributed by atoms with van der Waals surface area (Å²) in [6.07, 6.45) is 3.92. The molecule has 0 bridgehead atoms. The van der Waals surface area contributed by atoms with Crippen LogP contribution in [0.5, 0.6) is 0 Å². The van der Waals surface area contributed by atoms with Crippen molar-refractivity contribution in [1.29, 1.82) is 0 Å². The van der Waals surface area contributed by atoms with Gasteiger partial charge in [-0.15, -0.1) is 0 Å². The molecule has 118 valence electrons. The minimum Gasteiger partial charge on any atom is -0.481 e. The lowest BCUT2D eigenvalue weighted by Gasteiger charge is -2.15. The fraction of sp³-hybridized carbons (Fsp3) is 0.692. The van der Waals surface area contributed by atoms with Crippen LogP contribution in [0.3, 0.4) is 0 Å². The van der Waals surface area contributed by atoms with E-state index in [1.54, 1.807) is 6.92 Å². The Kier molecular flexibility index (Phi) is 7.20. The van der Waals surface area contributed by atoms with Gasteiger partial charge in [-0.3, -0.25) is 4.79 Å². The highest BCUT2D eigenvalue weighted by Gasteiger charge is 2.12. The maximum atomic E-state index is 11.6. The molecule has 2 unspecified atom stereocenters. The number of hydrogen-bond acceptors (Lipinski definition) is 5. The molecule has 8 nitrogen and oxygen atoms in total. The Balaban J connectivity index is 2.08. The number of carbonyl (C=O) groups is 2. The Bertz CT molecular complexity index is 435. The Morgan fingerprint density at radius 3 is 2.76 bits per heavy atom. The zero-order chi connectivity index (χ0) is 15.7. The highest BCUT2D eigenvalue weighted by Crippen LogP contribution is 2.09. The molecular formula is C13H22N4O4. The predicted molar refractivity (Wildman–Crippen MR) is 74.6 cm³/mol. The lowest BCUT2D eigenvalue weighted by atomic mass is 10.0. The summed E-state index contributed by atoms with van der Waals surface area (Å²) >= 11 is 0. The van der Waals surface area contributed by atoms with Crippen LogP contribution in [0, 0.1) is 5.92 Å². The van der Waals surface area contributed by atoms with Gasteiger partial charge < -0.3 is 20.3 Å². The first-order valence-electron chi connectivity index (χ1n) is 7.01. The fourth-order valence-corrected chi connectivity index (χ4v) is 1.79. The first-order valence-corrected chi connectivity index (χ1v) is 7.01. The van der Waals surface area contributed by atoms with Crippen molar-refractivity contribution in [2.45, 2.75) is 45.6 Å². The Morgan fingerprint density at radius 2 is 2.14 bits per heavy atom. The third kappa shape index (κ3) is 7.28. The van der Waals surface area contributed by atoms with Gasteiger partial charge in [0.25, 0.3) is 0 Å². The average molecular weight is 298 g/mol. The molecule has 2 atom stereocenters. The molecule has 0 aliphatic rings. The van der Waals surface area contributed by atoms with Crippen molar-refractivity contribution in [1.82, 2.24) is 20.8 Å². The van der Waals surface area contributed by atoms with Gasteiger partial charge in [-0.2, -0.15) is 4.98 Å². The summed E-state index contributed by atoms with van der Waals surface area (Å²) in [6.45, 7) is 3.99. The number of rotatable bonds is 9. The van der Waals surface area contributed by atoms with Crippen LogP contribution in [0.25, 0.3) is 0 Å². The summed E-state index contributed by atoms with van der Waals surface area (Å²) in [5, 5.41) is 17.7. The van der Waals surface area contributed by atoms with E-state index in [9.17, 15) is 9.59 Å². The van der Waals surface area contributed by atoms with Gasteiger partial charge in [0, 0.05) is 19.0 Å². The van der Waals surface area contributed by atoms with Crippen LogP contribution < -0.4 is 10.6 Å². The average Bonchev–Trinajstić information content (AvgIpc) is 2.91. The fourth-order valence-electron chi connectivity index (χ4n) is 1.79. The van der Waals surface area contributed by atoms with Crippen molar-refractivity contribution >= 4 is 12.0 Å². The molecule has 0 spiro atoms. The molecule has 0 saturated carbocycles. The first-order chi connectivity index (χ1) is 9.99. The molecule has 0 aliphatic carbocycles. The number of amides is 2. The van der Waals surface area contributed by atoms with E-state index in [2.05, 4.69) is 20.8 Å². The van der Waals surface area contributed by atoms with Gasteiger partial charge in [0.15, 0.2) is 6.33 Å². The molecule has 0 aromatic carbocycles. The normalized spacial score (nSPS) is 13.4. The number of urea groups is 1. The van der Waals surface area contributed by atoms with Crippen molar-refractivity contribution in [3.8, 4) is 0 Å². The number of carbonyl (C=O) groups excluding carboxylic acids is 1. The molecule has 1 heterocycles. The predicted octanol–water partition coefficient (Wildman–Crippen LogP) is 1.19. The SMILES string of the molecule is CC(CCCC(C)C(=O)O)NC(=O)NCCc1ncno1. The summed E-state index contributed by atoms with van der Waals surface area (Å²) in [7, 11) is 0. The van der Waals surface area contributed by atoms with Gasteiger partial charge in [0.2, 0.25) is 5.89 Å².